The van der Waals surface area contributed by atoms with Crippen LogP contribution in [-0.4, -0.2) is 16.9 Å². The highest BCUT2D eigenvalue weighted by Gasteiger charge is 2.54. The minimum Gasteiger partial charge on any atom is -0.508 e. The topological polar surface area (TPSA) is 72.8 Å². The number of rotatable bonds is 0. The Kier molecular flexibility index (Phi) is 2.58. The first-order chi connectivity index (χ1) is 12.1. The molecule has 25 heavy (non-hydrogen) atoms. The molecule has 0 radical (unpaired) electrons. The minimum absolute atomic E-state index is 0.0354. The second kappa shape index (κ2) is 4.60. The summed E-state index contributed by atoms with van der Waals surface area (Å²) in [6.45, 7) is 0. The van der Waals surface area contributed by atoms with Crippen molar-refractivity contribution in [2.75, 3.05) is 0 Å². The van der Waals surface area contributed by atoms with Crippen LogP contribution in [0.5, 0.6) is 11.5 Å². The summed E-state index contributed by atoms with van der Waals surface area (Å²) in [5, 5.41) is 9.83. The molecule has 5 nitrogen and oxygen atoms in total. The lowest BCUT2D eigenvalue weighted by Gasteiger charge is -2.38. The van der Waals surface area contributed by atoms with Crippen molar-refractivity contribution in [2.24, 2.45) is 0 Å². The first kappa shape index (κ1) is 14.0. The highest BCUT2D eigenvalue weighted by atomic mass is 16.6. The average Bonchev–Trinajstić information content (AvgIpc) is 2.88. The van der Waals surface area contributed by atoms with Crippen LogP contribution in [0.15, 0.2) is 65.9 Å². The summed E-state index contributed by atoms with van der Waals surface area (Å²) in [7, 11) is 0. The maximum Gasteiger partial charge on any atom is 0.340 e. The van der Waals surface area contributed by atoms with Gasteiger partial charge < -0.3 is 14.6 Å². The van der Waals surface area contributed by atoms with Crippen molar-refractivity contribution >= 4 is 11.8 Å². The molecule has 0 saturated carbocycles. The van der Waals surface area contributed by atoms with E-state index in [1.54, 1.807) is 24.3 Å². The van der Waals surface area contributed by atoms with E-state index in [2.05, 4.69) is 0 Å². The molecule has 3 aliphatic rings. The molecule has 2 aromatic rings. The van der Waals surface area contributed by atoms with Gasteiger partial charge in [0.15, 0.2) is 11.4 Å². The molecule has 0 fully saturated rings. The maximum absolute atomic E-state index is 12.5. The Morgan fingerprint density at radius 2 is 1.84 bits per heavy atom. The van der Waals surface area contributed by atoms with Crippen LogP contribution in [0, 0.1) is 0 Å². The third-order valence-electron chi connectivity index (χ3n) is 4.80. The first-order valence-corrected chi connectivity index (χ1v) is 7.88. The van der Waals surface area contributed by atoms with Gasteiger partial charge in [0.2, 0.25) is 0 Å². The second-order valence-electron chi connectivity index (χ2n) is 6.21. The normalized spacial score (nSPS) is 23.0. The molecular formula is C20H12O5. The van der Waals surface area contributed by atoms with Crippen molar-refractivity contribution in [3.63, 3.8) is 0 Å². The highest BCUT2D eigenvalue weighted by molar-refractivity contribution is 5.98. The molecule has 1 unspecified atom stereocenters. The minimum atomic E-state index is -1.17. The summed E-state index contributed by atoms with van der Waals surface area (Å²) in [4.78, 5) is 24.4. The van der Waals surface area contributed by atoms with Crippen LogP contribution in [0.3, 0.4) is 0 Å². The van der Waals surface area contributed by atoms with Crippen molar-refractivity contribution in [3.8, 4) is 11.5 Å². The summed E-state index contributed by atoms with van der Waals surface area (Å²) < 4.78 is 11.8. The maximum atomic E-state index is 12.5. The highest BCUT2D eigenvalue weighted by Crippen LogP contribution is 2.55. The quantitative estimate of drug-likeness (QED) is 0.751. The predicted molar refractivity (Wildman–Crippen MR) is 87.2 cm³/mol. The molecule has 0 bridgehead atoms. The van der Waals surface area contributed by atoms with Gasteiger partial charge in [0.05, 0.1) is 12.0 Å². The summed E-state index contributed by atoms with van der Waals surface area (Å²) in [5.41, 5.74) is 1.30. The predicted octanol–water partition coefficient (Wildman–Crippen LogP) is 2.98. The van der Waals surface area contributed by atoms with Gasteiger partial charge in [0.25, 0.3) is 0 Å². The van der Waals surface area contributed by atoms with Crippen molar-refractivity contribution in [1.29, 1.82) is 0 Å². The number of phenols is 1. The largest absolute Gasteiger partial charge is 0.508 e. The van der Waals surface area contributed by atoms with E-state index in [4.69, 9.17) is 9.47 Å². The van der Waals surface area contributed by atoms with E-state index in [-0.39, 0.29) is 18.0 Å². The Bertz CT molecular complexity index is 1030. The number of benzene rings is 2. The van der Waals surface area contributed by atoms with Gasteiger partial charge >= 0.3 is 5.97 Å². The second-order valence-corrected chi connectivity index (χ2v) is 6.21. The average molecular weight is 332 g/mol. The number of hydrogen-bond acceptors (Lipinski definition) is 5. The summed E-state index contributed by atoms with van der Waals surface area (Å²) in [5.74, 6) is 0.346. The number of carbonyl (C=O) groups is 2. The van der Waals surface area contributed by atoms with Crippen molar-refractivity contribution in [3.05, 3.63) is 82.6 Å². The molecule has 2 aromatic carbocycles. The molecule has 1 N–H and O–H groups in total. The first-order valence-electron chi connectivity index (χ1n) is 7.88. The molecule has 0 aromatic heterocycles. The fourth-order valence-electron chi connectivity index (χ4n) is 3.77. The van der Waals surface area contributed by atoms with E-state index < -0.39 is 11.6 Å². The van der Waals surface area contributed by atoms with E-state index in [9.17, 15) is 14.7 Å². The molecule has 1 atom stereocenters. The molecule has 5 rings (SSSR count). The number of ether oxygens (including phenoxy) is 2. The monoisotopic (exact) mass is 332 g/mol. The fourth-order valence-corrected chi connectivity index (χ4v) is 3.77. The summed E-state index contributed by atoms with van der Waals surface area (Å²) in [6, 6.07) is 11.9. The fraction of sp³-hybridized carbons (Fsp3) is 0.100. The molecular weight excluding hydrogens is 320 g/mol. The van der Waals surface area contributed by atoms with Crippen LogP contribution in [0.4, 0.5) is 0 Å². The van der Waals surface area contributed by atoms with Crippen molar-refractivity contribution in [1.82, 2.24) is 0 Å². The van der Waals surface area contributed by atoms with Crippen LogP contribution in [0.1, 0.15) is 27.9 Å². The number of esters is 1. The van der Waals surface area contributed by atoms with Crippen LogP contribution in [0.2, 0.25) is 0 Å². The van der Waals surface area contributed by atoms with Crippen LogP contribution < -0.4 is 4.74 Å². The number of phenolic OH excluding ortho intramolecular Hbond substituents is 1. The lowest BCUT2D eigenvalue weighted by atomic mass is 9.75. The lowest BCUT2D eigenvalue weighted by Crippen LogP contribution is -2.36. The Balaban J connectivity index is 1.88. The molecule has 2 aliphatic heterocycles. The number of carbonyl (C=O) groups excluding carboxylic acids is 2. The SMILES string of the molecule is O=C1C=CC2=C(C1)Oc1cc(O)ccc1C21OC(=O)c2ccccc21. The lowest BCUT2D eigenvalue weighted by molar-refractivity contribution is -0.114. The molecule has 0 saturated heterocycles. The van der Waals surface area contributed by atoms with Gasteiger partial charge in [0.1, 0.15) is 17.3 Å². The molecule has 0 amide bonds. The van der Waals surface area contributed by atoms with Gasteiger partial charge in [-0.15, -0.1) is 0 Å². The summed E-state index contributed by atoms with van der Waals surface area (Å²) >= 11 is 0. The zero-order valence-electron chi connectivity index (χ0n) is 13.0. The molecule has 1 spiro atoms. The van der Waals surface area contributed by atoms with Crippen LogP contribution in [-0.2, 0) is 15.1 Å². The standard InChI is InChI=1S/C20H12O5/c21-11-5-7-15-17(9-11)24-18-10-12(22)6-8-16(18)20(15)14-4-2-1-3-13(14)19(23)25-20/h1-9,21H,10H2. The van der Waals surface area contributed by atoms with Gasteiger partial charge in [-0.2, -0.15) is 0 Å². The van der Waals surface area contributed by atoms with Crippen LogP contribution >= 0.6 is 0 Å². The Labute approximate surface area is 142 Å². The van der Waals surface area contributed by atoms with Gasteiger partial charge in [-0.05, 0) is 30.4 Å². The number of ketones is 1. The van der Waals surface area contributed by atoms with E-state index in [0.29, 0.717) is 33.8 Å². The van der Waals surface area contributed by atoms with E-state index in [0.717, 1.165) is 0 Å². The smallest absolute Gasteiger partial charge is 0.340 e. The van der Waals surface area contributed by atoms with E-state index in [1.807, 2.05) is 12.1 Å². The summed E-state index contributed by atoms with van der Waals surface area (Å²) in [6.07, 6.45) is 3.22. The van der Waals surface area contributed by atoms with E-state index >= 15 is 0 Å². The van der Waals surface area contributed by atoms with Gasteiger partial charge in [0, 0.05) is 22.8 Å². The Morgan fingerprint density at radius 3 is 2.72 bits per heavy atom. The molecule has 1 aliphatic carbocycles. The Morgan fingerprint density at radius 1 is 1.00 bits per heavy atom. The van der Waals surface area contributed by atoms with Crippen molar-refractivity contribution < 1.29 is 24.2 Å². The number of fused-ring (bicyclic) bond motifs is 5. The Hall–Kier alpha value is -3.34. The van der Waals surface area contributed by atoms with Crippen molar-refractivity contribution in [2.45, 2.75) is 12.0 Å². The van der Waals surface area contributed by atoms with Crippen LogP contribution in [0.25, 0.3) is 0 Å². The number of allylic oxidation sites excluding steroid dienone is 2. The zero-order valence-corrected chi connectivity index (χ0v) is 13.0. The van der Waals surface area contributed by atoms with E-state index in [1.165, 1.54) is 18.2 Å². The molecule has 5 heteroatoms. The van der Waals surface area contributed by atoms with Gasteiger partial charge in [-0.25, -0.2) is 4.79 Å². The number of aromatic hydroxyl groups is 1. The zero-order chi connectivity index (χ0) is 17.2. The van der Waals surface area contributed by atoms with Gasteiger partial charge in [-0.1, -0.05) is 18.2 Å². The van der Waals surface area contributed by atoms with Gasteiger partial charge in [-0.3, -0.25) is 4.79 Å². The molecule has 2 heterocycles. The number of hydrogen-bond donors (Lipinski definition) is 1. The molecule has 122 valence electrons. The third kappa shape index (κ3) is 1.72. The third-order valence-corrected chi connectivity index (χ3v) is 4.80.